The maximum Gasteiger partial charge on any atom is -0.0295 e. The molecule has 104 valence electrons. The van der Waals surface area contributed by atoms with E-state index in [1.165, 1.54) is 12.8 Å². The van der Waals surface area contributed by atoms with Gasteiger partial charge in [-0.15, -0.1) is 0 Å². The molecule has 0 saturated heterocycles. The van der Waals surface area contributed by atoms with Crippen LogP contribution in [0.25, 0.3) is 0 Å². The monoisotopic (exact) mass is 248 g/mol. The van der Waals surface area contributed by atoms with Crippen LogP contribution in [0.5, 0.6) is 0 Å². The Labute approximate surface area is 114 Å². The molecule has 3 fully saturated rings. The maximum absolute atomic E-state index is 2.57. The van der Waals surface area contributed by atoms with Gasteiger partial charge in [0.2, 0.25) is 0 Å². The van der Waals surface area contributed by atoms with E-state index < -0.39 is 0 Å². The van der Waals surface area contributed by atoms with Crippen molar-refractivity contribution in [1.29, 1.82) is 0 Å². The van der Waals surface area contributed by atoms with Gasteiger partial charge < -0.3 is 0 Å². The Hall–Kier alpha value is 0. The summed E-state index contributed by atoms with van der Waals surface area (Å²) in [5, 5.41) is 0. The normalized spacial score (nSPS) is 49.7. The van der Waals surface area contributed by atoms with Crippen molar-refractivity contribution in [2.45, 2.75) is 67.2 Å². The molecule has 0 N–H and O–H groups in total. The van der Waals surface area contributed by atoms with E-state index in [0.29, 0.717) is 10.8 Å². The molecule has 3 aliphatic rings. The van der Waals surface area contributed by atoms with Crippen molar-refractivity contribution >= 4 is 0 Å². The molecule has 0 radical (unpaired) electrons. The second-order valence-electron chi connectivity index (χ2n) is 9.12. The van der Waals surface area contributed by atoms with Crippen molar-refractivity contribution in [2.24, 2.45) is 46.3 Å². The molecule has 0 heterocycles. The van der Waals surface area contributed by atoms with Crippen LogP contribution in [0, 0.1) is 46.3 Å². The van der Waals surface area contributed by atoms with Crippen molar-refractivity contribution in [3.05, 3.63) is 0 Å². The van der Waals surface area contributed by atoms with Crippen molar-refractivity contribution in [1.82, 2.24) is 0 Å². The average Bonchev–Trinajstić information content (AvgIpc) is 2.84. The number of hydrogen-bond donors (Lipinski definition) is 0. The first-order chi connectivity index (χ1) is 8.28. The van der Waals surface area contributed by atoms with E-state index in [2.05, 4.69) is 41.5 Å². The molecule has 3 saturated carbocycles. The minimum Gasteiger partial charge on any atom is -0.0649 e. The summed E-state index contributed by atoms with van der Waals surface area (Å²) in [6.45, 7) is 15.2. The predicted octanol–water partition coefficient (Wildman–Crippen LogP) is 5.38. The van der Waals surface area contributed by atoms with Gasteiger partial charge in [0.15, 0.2) is 0 Å². The molecule has 18 heavy (non-hydrogen) atoms. The van der Waals surface area contributed by atoms with Crippen LogP contribution < -0.4 is 0 Å². The molecule has 0 aromatic heterocycles. The van der Waals surface area contributed by atoms with Crippen molar-refractivity contribution < 1.29 is 0 Å². The fourth-order valence-corrected chi connectivity index (χ4v) is 6.61. The van der Waals surface area contributed by atoms with E-state index in [1.807, 2.05) is 0 Å². The van der Waals surface area contributed by atoms with E-state index in [9.17, 15) is 0 Å². The third-order valence-electron chi connectivity index (χ3n) is 7.35. The second kappa shape index (κ2) is 3.76. The highest BCUT2D eigenvalue weighted by molar-refractivity contribution is 5.11. The summed E-state index contributed by atoms with van der Waals surface area (Å²) in [5.41, 5.74) is 1.15. The average molecular weight is 248 g/mol. The van der Waals surface area contributed by atoms with E-state index in [1.54, 1.807) is 12.8 Å². The molecular weight excluding hydrogens is 216 g/mol. The number of hydrogen-bond acceptors (Lipinski definition) is 0. The van der Waals surface area contributed by atoms with E-state index in [-0.39, 0.29) is 0 Å². The van der Waals surface area contributed by atoms with Gasteiger partial charge in [-0.1, -0.05) is 48.0 Å². The minimum absolute atomic E-state index is 0.562. The van der Waals surface area contributed by atoms with Crippen LogP contribution in [0.15, 0.2) is 0 Å². The van der Waals surface area contributed by atoms with Gasteiger partial charge in [0.05, 0.1) is 0 Å². The lowest BCUT2D eigenvalue weighted by atomic mass is 9.49. The third kappa shape index (κ3) is 1.56. The van der Waals surface area contributed by atoms with E-state index >= 15 is 0 Å². The fraction of sp³-hybridized carbons (Fsp3) is 1.00. The zero-order valence-electron chi connectivity index (χ0n) is 13.3. The molecule has 6 unspecified atom stereocenters. The first kappa shape index (κ1) is 13.0. The van der Waals surface area contributed by atoms with Gasteiger partial charge >= 0.3 is 0 Å². The summed E-state index contributed by atoms with van der Waals surface area (Å²) in [7, 11) is 0. The van der Waals surface area contributed by atoms with Crippen LogP contribution in [-0.4, -0.2) is 0 Å². The molecule has 2 bridgehead atoms. The lowest BCUT2D eigenvalue weighted by molar-refractivity contribution is -0.0759. The Morgan fingerprint density at radius 3 is 2.33 bits per heavy atom. The predicted molar refractivity (Wildman–Crippen MR) is 78.3 cm³/mol. The van der Waals surface area contributed by atoms with Gasteiger partial charge in [0.25, 0.3) is 0 Å². The summed E-state index contributed by atoms with van der Waals surface area (Å²) in [6, 6.07) is 0. The van der Waals surface area contributed by atoms with Crippen molar-refractivity contribution in [3.63, 3.8) is 0 Å². The standard InChI is InChI=1S/C18H32/c1-7-17(3,4)15-12-8-13-11(2)10-18(5,6)16(15)14(13)9-12/h11-16H,7-10H2,1-6H3. The van der Waals surface area contributed by atoms with Crippen LogP contribution >= 0.6 is 0 Å². The first-order valence-electron chi connectivity index (χ1n) is 8.28. The Morgan fingerprint density at radius 2 is 1.72 bits per heavy atom. The zero-order chi connectivity index (χ0) is 13.3. The van der Waals surface area contributed by atoms with Crippen LogP contribution in [0.3, 0.4) is 0 Å². The van der Waals surface area contributed by atoms with Crippen LogP contribution in [-0.2, 0) is 0 Å². The smallest absolute Gasteiger partial charge is 0.0295 e. The van der Waals surface area contributed by atoms with Gasteiger partial charge in [-0.25, -0.2) is 0 Å². The Bertz CT molecular complexity index is 338. The summed E-state index contributed by atoms with van der Waals surface area (Å²) in [4.78, 5) is 0. The van der Waals surface area contributed by atoms with Gasteiger partial charge in [0.1, 0.15) is 0 Å². The molecule has 0 nitrogen and oxygen atoms in total. The largest absolute Gasteiger partial charge is 0.0649 e. The highest BCUT2D eigenvalue weighted by Gasteiger charge is 2.63. The minimum atomic E-state index is 0.562. The van der Waals surface area contributed by atoms with Crippen LogP contribution in [0.2, 0.25) is 0 Å². The van der Waals surface area contributed by atoms with Crippen LogP contribution in [0.4, 0.5) is 0 Å². The van der Waals surface area contributed by atoms with E-state index in [4.69, 9.17) is 0 Å². The van der Waals surface area contributed by atoms with Crippen molar-refractivity contribution in [3.8, 4) is 0 Å². The van der Waals surface area contributed by atoms with Gasteiger partial charge in [0, 0.05) is 0 Å². The molecular formula is C18H32. The Morgan fingerprint density at radius 1 is 1.11 bits per heavy atom. The fourth-order valence-electron chi connectivity index (χ4n) is 6.61. The van der Waals surface area contributed by atoms with E-state index in [0.717, 1.165) is 35.5 Å². The summed E-state index contributed by atoms with van der Waals surface area (Å²) in [5.74, 6) is 6.22. The van der Waals surface area contributed by atoms with Crippen molar-refractivity contribution in [2.75, 3.05) is 0 Å². The molecule has 0 aromatic carbocycles. The molecule has 3 rings (SSSR count). The second-order valence-corrected chi connectivity index (χ2v) is 9.12. The zero-order valence-corrected chi connectivity index (χ0v) is 13.3. The lowest BCUT2D eigenvalue weighted by Crippen LogP contribution is -2.49. The SMILES string of the molecule is CCC(C)(C)C1C2CC3C(C)CC(C)(C)C1C3C2. The molecule has 6 atom stereocenters. The molecule has 3 aliphatic carbocycles. The lowest BCUT2D eigenvalue weighted by Gasteiger charge is -2.56. The summed E-state index contributed by atoms with van der Waals surface area (Å²) >= 11 is 0. The van der Waals surface area contributed by atoms with Crippen LogP contribution in [0.1, 0.15) is 67.2 Å². The number of fused-ring (bicyclic) bond motifs is 1. The maximum atomic E-state index is 2.57. The molecule has 0 aliphatic heterocycles. The Balaban J connectivity index is 1.97. The topological polar surface area (TPSA) is 0 Å². The third-order valence-corrected chi connectivity index (χ3v) is 7.35. The molecule has 0 spiro atoms. The Kier molecular flexibility index (Phi) is 2.72. The summed E-state index contributed by atoms with van der Waals surface area (Å²) < 4.78 is 0. The highest BCUT2D eigenvalue weighted by atomic mass is 14.7. The molecule has 0 aromatic rings. The summed E-state index contributed by atoms with van der Waals surface area (Å²) in [6.07, 6.45) is 5.96. The molecule has 0 amide bonds. The number of rotatable bonds is 2. The molecule has 0 heteroatoms. The quantitative estimate of drug-likeness (QED) is 0.615. The van der Waals surface area contributed by atoms with Gasteiger partial charge in [-0.05, 0) is 65.6 Å². The highest BCUT2D eigenvalue weighted by Crippen LogP contribution is 2.70. The van der Waals surface area contributed by atoms with Gasteiger partial charge in [-0.2, -0.15) is 0 Å². The van der Waals surface area contributed by atoms with Gasteiger partial charge in [-0.3, -0.25) is 0 Å². The first-order valence-corrected chi connectivity index (χ1v) is 8.28.